The van der Waals surface area contributed by atoms with Crippen LogP contribution in [-0.4, -0.2) is 15.8 Å². The first kappa shape index (κ1) is 61.4. The van der Waals surface area contributed by atoms with Crippen molar-refractivity contribution in [1.29, 1.82) is 0 Å². The first-order valence-corrected chi connectivity index (χ1v) is 36.3. The Morgan fingerprint density at radius 2 is 0.696 bits per heavy atom. The summed E-state index contributed by atoms with van der Waals surface area (Å²) in [7, 11) is 0. The van der Waals surface area contributed by atoms with Gasteiger partial charge in [0.25, 0.3) is 6.71 Å². The molecule has 3 aliphatic rings. The number of benzene rings is 14. The van der Waals surface area contributed by atoms with Crippen molar-refractivity contribution < 1.29 is 0 Å². The zero-order valence-electron chi connectivity index (χ0n) is 59.4. The van der Waals surface area contributed by atoms with Gasteiger partial charge in [-0.25, -0.2) is 0 Å². The van der Waals surface area contributed by atoms with Gasteiger partial charge in [-0.1, -0.05) is 293 Å². The van der Waals surface area contributed by atoms with Gasteiger partial charge < -0.3 is 18.9 Å². The van der Waals surface area contributed by atoms with Crippen LogP contribution in [0.4, 0.5) is 34.1 Å². The molecule has 5 heteroatoms. The van der Waals surface area contributed by atoms with E-state index in [0.29, 0.717) is 0 Å². The number of para-hydroxylation sites is 3. The zero-order chi connectivity index (χ0) is 69.1. The van der Waals surface area contributed by atoms with E-state index >= 15 is 0 Å². The fourth-order valence-electron chi connectivity index (χ4n) is 17.8. The van der Waals surface area contributed by atoms with Crippen LogP contribution >= 0.6 is 0 Å². The standard InChI is InChI=1S/C97H79BN4/c1-94(2,3)66-46-53-84(76(56-66)62-30-14-10-15-31-62)101-87-60-69(99-81-43-27-23-39-72(81)73-40-24-28-44-82(73)99)48-51-79(87)98-80-52-49-70(61-88(80)102(90-59-68(96(7,8)9)58-89(101)93(90)98)85-54-47-67(95(4,5)6)57-77(85)63-32-16-11-17-33-63)100-83-45-29-25-41-75(83)91-86(100)55-50-74-71-38-22-26-42-78(71)97(92(74)91,64-34-18-12-19-35-64)65-36-20-13-21-37-65/h10-61H,1-9H3. The fraction of sp³-hybridized carbons (Fsp3) is 0.134. The molecule has 16 aromatic rings. The third kappa shape index (κ3) is 9.15. The summed E-state index contributed by atoms with van der Waals surface area (Å²) in [5.74, 6) is 0. The maximum absolute atomic E-state index is 2.69. The molecule has 14 aromatic carbocycles. The van der Waals surface area contributed by atoms with Gasteiger partial charge in [0, 0.05) is 66.8 Å². The number of rotatable bonds is 8. The van der Waals surface area contributed by atoms with E-state index in [9.17, 15) is 0 Å². The van der Waals surface area contributed by atoms with Gasteiger partial charge in [-0.2, -0.15) is 0 Å². The highest BCUT2D eigenvalue weighted by Crippen LogP contribution is 2.60. The lowest BCUT2D eigenvalue weighted by atomic mass is 9.33. The van der Waals surface area contributed by atoms with Crippen LogP contribution in [0.1, 0.15) is 101 Å². The summed E-state index contributed by atoms with van der Waals surface area (Å²) in [6.45, 7) is 21.0. The second-order valence-electron chi connectivity index (χ2n) is 31.6. The number of fused-ring (bicyclic) bond motifs is 14. The number of hydrogen-bond donors (Lipinski definition) is 0. The molecule has 0 bridgehead atoms. The highest BCUT2D eigenvalue weighted by Gasteiger charge is 2.49. The Bertz CT molecular complexity index is 5980. The summed E-state index contributed by atoms with van der Waals surface area (Å²) < 4.78 is 5.08. The Hall–Kier alpha value is -11.7. The van der Waals surface area contributed by atoms with Gasteiger partial charge in [-0.05, 0) is 179 Å². The van der Waals surface area contributed by atoms with Crippen LogP contribution in [-0.2, 0) is 21.7 Å². The predicted molar refractivity (Wildman–Crippen MR) is 433 cm³/mol. The summed E-state index contributed by atoms with van der Waals surface area (Å²) in [4.78, 5) is 5.36. The van der Waals surface area contributed by atoms with Crippen molar-refractivity contribution >= 4 is 101 Å². The number of aromatic nitrogens is 2. The van der Waals surface area contributed by atoms with Crippen molar-refractivity contribution in [3.8, 4) is 44.8 Å². The molecule has 1 aliphatic carbocycles. The van der Waals surface area contributed by atoms with Crippen molar-refractivity contribution in [2.75, 3.05) is 9.80 Å². The van der Waals surface area contributed by atoms with Crippen LogP contribution in [0.3, 0.4) is 0 Å². The Balaban J connectivity index is 0.940. The van der Waals surface area contributed by atoms with Crippen LogP contribution in [0.2, 0.25) is 0 Å². The minimum absolute atomic E-state index is 0.107. The lowest BCUT2D eigenvalue weighted by molar-refractivity contribution is 0.590. The Morgan fingerprint density at radius 3 is 1.18 bits per heavy atom. The van der Waals surface area contributed by atoms with Gasteiger partial charge in [-0.15, -0.1) is 0 Å². The molecule has 0 amide bonds. The SMILES string of the molecule is CC(C)(C)c1ccc(N2c3cc(-n4c5ccccc5c5ccccc54)ccc3B3c4ccc(-n5c6ccccc6c6c7c(ccc65)-c5ccccc5C7(c5ccccc5)c5ccccc5)cc4N(c4ccc(C(C)(C)C)cc4-c4ccccc4)c4cc(C(C)(C)C)cc2c43)c(-c2ccccc2)c1. The molecule has 0 saturated heterocycles. The van der Waals surface area contributed by atoms with E-state index in [1.807, 2.05) is 0 Å². The molecule has 0 unspecified atom stereocenters. The van der Waals surface area contributed by atoms with E-state index in [1.165, 1.54) is 138 Å². The normalized spacial score (nSPS) is 13.8. The molecule has 0 saturated carbocycles. The third-order valence-corrected chi connectivity index (χ3v) is 22.6. The molecule has 4 heterocycles. The van der Waals surface area contributed by atoms with Gasteiger partial charge in [0.1, 0.15) is 0 Å². The monoisotopic (exact) mass is 1310 g/mol. The zero-order valence-corrected chi connectivity index (χ0v) is 59.4. The van der Waals surface area contributed by atoms with E-state index in [1.54, 1.807) is 0 Å². The van der Waals surface area contributed by atoms with E-state index in [4.69, 9.17) is 0 Å². The largest absolute Gasteiger partial charge is 0.311 e. The molecule has 2 aromatic heterocycles. The molecule has 4 nitrogen and oxygen atoms in total. The van der Waals surface area contributed by atoms with Gasteiger partial charge >= 0.3 is 0 Å². The first-order valence-electron chi connectivity index (χ1n) is 36.3. The van der Waals surface area contributed by atoms with Gasteiger partial charge in [-0.3, -0.25) is 0 Å². The average molecular weight is 1310 g/mol. The van der Waals surface area contributed by atoms with E-state index in [2.05, 4.69) is 397 Å². The van der Waals surface area contributed by atoms with Crippen LogP contribution < -0.4 is 26.2 Å². The summed E-state index contributed by atoms with van der Waals surface area (Å²) in [5.41, 5.74) is 32.7. The first-order chi connectivity index (χ1) is 49.5. The Labute approximate surface area is 599 Å². The molecule has 0 N–H and O–H groups in total. The Kier molecular flexibility index (Phi) is 13.7. The third-order valence-electron chi connectivity index (χ3n) is 22.6. The molecule has 0 atom stereocenters. The molecule has 102 heavy (non-hydrogen) atoms. The summed E-state index contributed by atoms with van der Waals surface area (Å²) in [6, 6.07) is 121. The second-order valence-corrected chi connectivity index (χ2v) is 31.6. The van der Waals surface area contributed by atoms with Crippen molar-refractivity contribution in [2.45, 2.75) is 84.0 Å². The fourth-order valence-corrected chi connectivity index (χ4v) is 17.8. The molecule has 2 aliphatic heterocycles. The average Bonchev–Trinajstić information content (AvgIpc) is 1.23. The van der Waals surface area contributed by atoms with Crippen molar-refractivity contribution in [1.82, 2.24) is 9.13 Å². The highest BCUT2D eigenvalue weighted by molar-refractivity contribution is 7.00. The molecule has 0 spiro atoms. The van der Waals surface area contributed by atoms with Crippen LogP contribution in [0.5, 0.6) is 0 Å². The molecular formula is C97H79BN4. The topological polar surface area (TPSA) is 16.3 Å². The molecular weight excluding hydrogens is 1230 g/mol. The van der Waals surface area contributed by atoms with Crippen LogP contribution in [0, 0.1) is 0 Å². The van der Waals surface area contributed by atoms with Gasteiger partial charge in [0.2, 0.25) is 0 Å². The van der Waals surface area contributed by atoms with E-state index < -0.39 is 5.41 Å². The predicted octanol–water partition coefficient (Wildman–Crippen LogP) is 23.6. The summed E-state index contributed by atoms with van der Waals surface area (Å²) in [5, 5.41) is 4.97. The van der Waals surface area contributed by atoms with Crippen molar-refractivity contribution in [3.63, 3.8) is 0 Å². The molecule has 19 rings (SSSR count). The Morgan fingerprint density at radius 1 is 0.284 bits per heavy atom. The van der Waals surface area contributed by atoms with E-state index in [-0.39, 0.29) is 23.0 Å². The maximum Gasteiger partial charge on any atom is 0.252 e. The molecule has 0 radical (unpaired) electrons. The van der Waals surface area contributed by atoms with Crippen molar-refractivity contribution in [3.05, 3.63) is 354 Å². The number of hydrogen-bond acceptors (Lipinski definition) is 2. The van der Waals surface area contributed by atoms with E-state index in [0.717, 1.165) is 39.6 Å². The summed E-state index contributed by atoms with van der Waals surface area (Å²) >= 11 is 0. The maximum atomic E-state index is 2.69. The van der Waals surface area contributed by atoms with Crippen molar-refractivity contribution in [2.24, 2.45) is 0 Å². The van der Waals surface area contributed by atoms with Gasteiger partial charge in [0.15, 0.2) is 0 Å². The highest BCUT2D eigenvalue weighted by atomic mass is 15.2. The van der Waals surface area contributed by atoms with Crippen LogP contribution in [0.25, 0.3) is 88.4 Å². The lowest BCUT2D eigenvalue weighted by Crippen LogP contribution is -2.61. The van der Waals surface area contributed by atoms with Crippen LogP contribution in [0.15, 0.2) is 315 Å². The molecule has 490 valence electrons. The molecule has 0 fully saturated rings. The minimum Gasteiger partial charge on any atom is -0.311 e. The second kappa shape index (κ2) is 22.7. The number of anilines is 6. The minimum atomic E-state index is -0.616. The smallest absolute Gasteiger partial charge is 0.252 e. The lowest BCUT2D eigenvalue weighted by Gasteiger charge is -2.46. The number of nitrogens with zero attached hydrogens (tertiary/aromatic N) is 4. The van der Waals surface area contributed by atoms with Gasteiger partial charge in [0.05, 0.1) is 38.9 Å². The summed E-state index contributed by atoms with van der Waals surface area (Å²) in [6.07, 6.45) is 0. The quantitative estimate of drug-likeness (QED) is 0.141.